The predicted molar refractivity (Wildman–Crippen MR) is 140 cm³/mol. The van der Waals surface area contributed by atoms with Crippen LogP contribution in [-0.2, 0) is 26.2 Å². The van der Waals surface area contributed by atoms with Gasteiger partial charge in [-0.1, -0.05) is 58.4 Å². The van der Waals surface area contributed by atoms with Crippen LogP contribution in [0, 0.1) is 5.82 Å². The summed E-state index contributed by atoms with van der Waals surface area (Å²) in [6.45, 7) is 2.82. The number of nitrogens with zero attached hydrogens (tertiary/aromatic N) is 2. The lowest BCUT2D eigenvalue weighted by atomic mass is 10.1. The predicted octanol–water partition coefficient (Wildman–Crippen LogP) is 4.34. The maximum atomic E-state index is 14.5. The van der Waals surface area contributed by atoms with Crippen LogP contribution in [0.25, 0.3) is 0 Å². The van der Waals surface area contributed by atoms with Gasteiger partial charge in [0.25, 0.3) is 10.0 Å². The molecule has 0 aliphatic carbocycles. The number of nitrogens with one attached hydrogen (secondary N) is 1. The van der Waals surface area contributed by atoms with Crippen molar-refractivity contribution < 1.29 is 22.4 Å². The molecule has 10 heteroatoms. The van der Waals surface area contributed by atoms with Gasteiger partial charge < -0.3 is 10.2 Å². The van der Waals surface area contributed by atoms with E-state index in [4.69, 9.17) is 0 Å². The van der Waals surface area contributed by atoms with Crippen molar-refractivity contribution in [3.05, 3.63) is 94.7 Å². The van der Waals surface area contributed by atoms with Crippen molar-refractivity contribution in [2.75, 3.05) is 17.4 Å². The third-order valence-electron chi connectivity index (χ3n) is 5.52. The van der Waals surface area contributed by atoms with Gasteiger partial charge in [-0.3, -0.25) is 13.9 Å². The number of hydrogen-bond donors (Lipinski definition) is 1. The Bertz CT molecular complexity index is 1320. The van der Waals surface area contributed by atoms with Gasteiger partial charge in [0.1, 0.15) is 18.4 Å². The van der Waals surface area contributed by atoms with Gasteiger partial charge in [0.15, 0.2) is 0 Å². The van der Waals surface area contributed by atoms with Crippen LogP contribution in [0.1, 0.15) is 19.4 Å². The van der Waals surface area contributed by atoms with Crippen molar-refractivity contribution in [3.63, 3.8) is 0 Å². The number of carbonyl (C=O) groups excluding carboxylic acids is 2. The lowest BCUT2D eigenvalue weighted by Crippen LogP contribution is -2.51. The molecule has 3 rings (SSSR count). The van der Waals surface area contributed by atoms with Crippen molar-refractivity contribution in [1.29, 1.82) is 0 Å². The van der Waals surface area contributed by atoms with Gasteiger partial charge in [-0.05, 0) is 50.2 Å². The third kappa shape index (κ3) is 6.50. The Balaban J connectivity index is 2.03. The van der Waals surface area contributed by atoms with Gasteiger partial charge >= 0.3 is 0 Å². The van der Waals surface area contributed by atoms with Crippen molar-refractivity contribution in [3.8, 4) is 0 Å². The van der Waals surface area contributed by atoms with Crippen molar-refractivity contribution in [2.24, 2.45) is 0 Å². The molecule has 1 N–H and O–H groups in total. The molecule has 0 fully saturated rings. The van der Waals surface area contributed by atoms with Gasteiger partial charge in [0.05, 0.1) is 10.6 Å². The van der Waals surface area contributed by atoms with Gasteiger partial charge in [0, 0.05) is 23.1 Å². The number of carbonyl (C=O) groups is 2. The summed E-state index contributed by atoms with van der Waals surface area (Å²) in [5.74, 6) is -1.61. The molecule has 0 saturated carbocycles. The number of halogens is 2. The van der Waals surface area contributed by atoms with E-state index in [0.717, 1.165) is 4.31 Å². The first-order valence-electron chi connectivity index (χ1n) is 11.3. The number of amides is 2. The summed E-state index contributed by atoms with van der Waals surface area (Å²) in [7, 11) is -4.15. The Labute approximate surface area is 219 Å². The van der Waals surface area contributed by atoms with Gasteiger partial charge in [-0.25, -0.2) is 12.8 Å². The molecule has 36 heavy (non-hydrogen) atoms. The van der Waals surface area contributed by atoms with Crippen LogP contribution in [0.2, 0.25) is 0 Å². The number of sulfonamides is 1. The number of anilines is 1. The fraction of sp³-hybridized carbons (Fsp3) is 0.231. The molecule has 0 aliphatic heterocycles. The molecule has 7 nitrogen and oxygen atoms in total. The minimum atomic E-state index is -4.15. The summed E-state index contributed by atoms with van der Waals surface area (Å²) in [6, 6.07) is 19.3. The highest BCUT2D eigenvalue weighted by Gasteiger charge is 2.32. The van der Waals surface area contributed by atoms with E-state index in [9.17, 15) is 22.4 Å². The van der Waals surface area contributed by atoms with E-state index in [0.29, 0.717) is 11.0 Å². The standard InChI is InChI=1S/C26H27BrFN3O4S/c1-3-29-26(33)19(2)30(17-20-10-7-8-15-24(20)28)25(32)18-31(22-12-9-11-21(27)16-22)36(34,35)23-13-5-4-6-14-23/h4-16,19H,3,17-18H2,1-2H3,(H,29,33). The summed E-state index contributed by atoms with van der Waals surface area (Å²) in [6.07, 6.45) is 0. The van der Waals surface area contributed by atoms with E-state index in [1.807, 2.05) is 0 Å². The first-order chi connectivity index (χ1) is 17.1. The molecule has 0 saturated heterocycles. The van der Waals surface area contributed by atoms with Gasteiger partial charge in [-0.15, -0.1) is 0 Å². The van der Waals surface area contributed by atoms with Gasteiger partial charge in [-0.2, -0.15) is 0 Å². The second-order valence-corrected chi connectivity index (χ2v) is 10.8. The van der Waals surface area contributed by atoms with Crippen LogP contribution in [-0.4, -0.2) is 44.3 Å². The quantitative estimate of drug-likeness (QED) is 0.389. The van der Waals surface area contributed by atoms with E-state index < -0.39 is 40.2 Å². The normalized spacial score (nSPS) is 12.0. The third-order valence-corrected chi connectivity index (χ3v) is 7.80. The molecule has 1 atom stereocenters. The fourth-order valence-corrected chi connectivity index (χ4v) is 5.41. The van der Waals surface area contributed by atoms with E-state index in [2.05, 4.69) is 21.2 Å². The molecule has 0 radical (unpaired) electrons. The van der Waals surface area contributed by atoms with Crippen LogP contribution < -0.4 is 9.62 Å². The SMILES string of the molecule is CCNC(=O)C(C)N(Cc1ccccc1F)C(=O)CN(c1cccc(Br)c1)S(=O)(=O)c1ccccc1. The molecule has 0 bridgehead atoms. The highest BCUT2D eigenvalue weighted by atomic mass is 79.9. The minimum absolute atomic E-state index is 0.00945. The molecule has 3 aromatic rings. The second kappa shape index (κ2) is 12.1. The fourth-order valence-electron chi connectivity index (χ4n) is 3.59. The van der Waals surface area contributed by atoms with Gasteiger partial charge in [0.2, 0.25) is 11.8 Å². The second-order valence-electron chi connectivity index (χ2n) is 7.99. The summed E-state index contributed by atoms with van der Waals surface area (Å²) >= 11 is 3.35. The zero-order valence-electron chi connectivity index (χ0n) is 19.9. The molecule has 2 amide bonds. The zero-order valence-corrected chi connectivity index (χ0v) is 22.3. The van der Waals surface area contributed by atoms with Crippen molar-refractivity contribution in [2.45, 2.75) is 31.3 Å². The van der Waals surface area contributed by atoms with Crippen molar-refractivity contribution >= 4 is 43.5 Å². The largest absolute Gasteiger partial charge is 0.355 e. The molecule has 0 aromatic heterocycles. The maximum absolute atomic E-state index is 14.5. The lowest BCUT2D eigenvalue weighted by Gasteiger charge is -2.32. The Morgan fingerprint density at radius 2 is 1.67 bits per heavy atom. The number of hydrogen-bond acceptors (Lipinski definition) is 4. The molecule has 190 valence electrons. The smallest absolute Gasteiger partial charge is 0.264 e. The molecule has 1 unspecified atom stereocenters. The Morgan fingerprint density at radius 3 is 2.31 bits per heavy atom. The van der Waals surface area contributed by atoms with Crippen LogP contribution in [0.15, 0.2) is 88.2 Å². The molecule has 0 heterocycles. The molecular formula is C26H27BrFN3O4S. The monoisotopic (exact) mass is 575 g/mol. The average molecular weight is 576 g/mol. The van der Waals surface area contributed by atoms with E-state index >= 15 is 0 Å². The minimum Gasteiger partial charge on any atom is -0.355 e. The number of benzene rings is 3. The maximum Gasteiger partial charge on any atom is 0.264 e. The lowest BCUT2D eigenvalue weighted by molar-refractivity contribution is -0.139. The molecule has 3 aromatic carbocycles. The topological polar surface area (TPSA) is 86.8 Å². The molecule has 0 aliphatic rings. The van der Waals surface area contributed by atoms with E-state index in [-0.39, 0.29) is 22.7 Å². The highest BCUT2D eigenvalue weighted by Crippen LogP contribution is 2.27. The molecule has 0 spiro atoms. The van der Waals surface area contributed by atoms with E-state index in [1.165, 1.54) is 42.2 Å². The summed E-state index contributed by atoms with van der Waals surface area (Å²) in [4.78, 5) is 27.5. The number of likely N-dealkylation sites (N-methyl/N-ethyl adjacent to an activating group) is 1. The Morgan fingerprint density at radius 1 is 1.00 bits per heavy atom. The highest BCUT2D eigenvalue weighted by molar-refractivity contribution is 9.10. The van der Waals surface area contributed by atoms with Crippen molar-refractivity contribution in [1.82, 2.24) is 10.2 Å². The van der Waals surface area contributed by atoms with Crippen LogP contribution in [0.3, 0.4) is 0 Å². The van der Waals surface area contributed by atoms with Crippen LogP contribution in [0.5, 0.6) is 0 Å². The Kier molecular flexibility index (Phi) is 9.22. The Hall–Kier alpha value is -3.24. The van der Waals surface area contributed by atoms with Crippen LogP contribution in [0.4, 0.5) is 10.1 Å². The first kappa shape index (κ1) is 27.3. The van der Waals surface area contributed by atoms with E-state index in [1.54, 1.807) is 55.5 Å². The summed E-state index contributed by atoms with van der Waals surface area (Å²) in [5, 5.41) is 2.66. The van der Waals surface area contributed by atoms with Crippen LogP contribution >= 0.6 is 15.9 Å². The zero-order chi connectivity index (χ0) is 26.3. The average Bonchev–Trinajstić information content (AvgIpc) is 2.86. The summed E-state index contributed by atoms with van der Waals surface area (Å²) < 4.78 is 43.3. The molecular weight excluding hydrogens is 549 g/mol. The number of rotatable bonds is 10. The summed E-state index contributed by atoms with van der Waals surface area (Å²) in [5.41, 5.74) is 0.472. The first-order valence-corrected chi connectivity index (χ1v) is 13.5.